The summed E-state index contributed by atoms with van der Waals surface area (Å²) in [6.07, 6.45) is 2.66. The number of ether oxygens (including phenoxy) is 1. The number of aliphatic hydroxyl groups is 1. The van der Waals surface area contributed by atoms with Gasteiger partial charge < -0.3 is 9.84 Å². The summed E-state index contributed by atoms with van der Waals surface area (Å²) in [5, 5.41) is 8.56. The van der Waals surface area contributed by atoms with Crippen LogP contribution >= 0.6 is 0 Å². The molecule has 1 aromatic carbocycles. The lowest BCUT2D eigenvalue weighted by Gasteiger charge is -2.03. The van der Waals surface area contributed by atoms with E-state index < -0.39 is 0 Å². The van der Waals surface area contributed by atoms with E-state index in [1.807, 2.05) is 24.3 Å². The van der Waals surface area contributed by atoms with E-state index in [0.717, 1.165) is 18.1 Å². The lowest BCUT2D eigenvalue weighted by Crippen LogP contribution is -1.96. The highest BCUT2D eigenvalue weighted by Gasteiger charge is 2.20. The summed E-state index contributed by atoms with van der Waals surface area (Å²) >= 11 is 0. The second kappa shape index (κ2) is 5.69. The highest BCUT2D eigenvalue weighted by atomic mass is 16.5. The first-order chi connectivity index (χ1) is 7.88. The molecule has 1 N–H and O–H groups in total. The molecule has 0 aliphatic heterocycles. The van der Waals surface area contributed by atoms with Crippen molar-refractivity contribution >= 4 is 0 Å². The molecular formula is C14H16O2. The van der Waals surface area contributed by atoms with Gasteiger partial charge in [-0.3, -0.25) is 0 Å². The molecule has 1 fully saturated rings. The summed E-state index contributed by atoms with van der Waals surface area (Å²) in [5.41, 5.74) is 2.11. The maximum Gasteiger partial charge on any atom is 0.104 e. The Hall–Kier alpha value is -1.30. The van der Waals surface area contributed by atoms with Crippen molar-refractivity contribution in [1.29, 1.82) is 0 Å². The van der Waals surface area contributed by atoms with Crippen molar-refractivity contribution < 1.29 is 9.84 Å². The maximum atomic E-state index is 8.56. The Labute approximate surface area is 96.3 Å². The van der Waals surface area contributed by atoms with Crippen molar-refractivity contribution in [1.82, 2.24) is 0 Å². The topological polar surface area (TPSA) is 29.5 Å². The molecule has 1 aliphatic carbocycles. The summed E-state index contributed by atoms with van der Waals surface area (Å²) < 4.78 is 5.59. The molecule has 16 heavy (non-hydrogen) atoms. The molecule has 0 aromatic heterocycles. The molecular weight excluding hydrogens is 200 g/mol. The monoisotopic (exact) mass is 216 g/mol. The summed E-state index contributed by atoms with van der Waals surface area (Å²) in [6, 6.07) is 7.96. The zero-order valence-corrected chi connectivity index (χ0v) is 9.28. The second-order valence-electron chi connectivity index (χ2n) is 4.12. The number of aliphatic hydroxyl groups excluding tert-OH is 1. The van der Waals surface area contributed by atoms with Gasteiger partial charge in [-0.2, -0.15) is 0 Å². The van der Waals surface area contributed by atoms with E-state index >= 15 is 0 Å². The molecule has 1 aliphatic rings. The maximum absolute atomic E-state index is 8.56. The predicted molar refractivity (Wildman–Crippen MR) is 62.8 cm³/mol. The van der Waals surface area contributed by atoms with Crippen LogP contribution in [-0.2, 0) is 11.3 Å². The number of hydrogen-bond acceptors (Lipinski definition) is 2. The molecule has 1 saturated carbocycles. The van der Waals surface area contributed by atoms with Crippen LogP contribution in [0, 0.1) is 17.8 Å². The van der Waals surface area contributed by atoms with Crippen LogP contribution in [0.25, 0.3) is 0 Å². The standard InChI is InChI=1S/C14H16O2/c15-9-1-2-12-3-5-13(6-4-12)10-16-11-14-7-8-14/h3-6,14-15H,7-11H2. The molecule has 0 atom stereocenters. The van der Waals surface area contributed by atoms with Crippen LogP contribution in [0.15, 0.2) is 24.3 Å². The van der Waals surface area contributed by atoms with Gasteiger partial charge in [0.15, 0.2) is 0 Å². The third-order valence-electron chi connectivity index (χ3n) is 2.58. The van der Waals surface area contributed by atoms with Crippen LogP contribution in [0.4, 0.5) is 0 Å². The van der Waals surface area contributed by atoms with Crippen molar-refractivity contribution in [3.05, 3.63) is 35.4 Å². The average Bonchev–Trinajstić information content (AvgIpc) is 3.12. The van der Waals surface area contributed by atoms with Gasteiger partial charge in [-0.05, 0) is 36.5 Å². The van der Waals surface area contributed by atoms with Crippen LogP contribution in [0.2, 0.25) is 0 Å². The van der Waals surface area contributed by atoms with Crippen molar-refractivity contribution in [2.24, 2.45) is 5.92 Å². The lowest BCUT2D eigenvalue weighted by molar-refractivity contribution is 0.111. The Morgan fingerprint density at radius 2 is 2.00 bits per heavy atom. The molecule has 2 heteroatoms. The van der Waals surface area contributed by atoms with Gasteiger partial charge in [0.1, 0.15) is 6.61 Å². The summed E-state index contributed by atoms with van der Waals surface area (Å²) in [7, 11) is 0. The molecule has 2 rings (SSSR count). The van der Waals surface area contributed by atoms with E-state index in [0.29, 0.717) is 6.61 Å². The fourth-order valence-electron chi connectivity index (χ4n) is 1.45. The lowest BCUT2D eigenvalue weighted by atomic mass is 10.1. The largest absolute Gasteiger partial charge is 0.384 e. The van der Waals surface area contributed by atoms with Crippen LogP contribution in [0.3, 0.4) is 0 Å². The zero-order valence-electron chi connectivity index (χ0n) is 9.28. The summed E-state index contributed by atoms with van der Waals surface area (Å²) in [6.45, 7) is 1.49. The molecule has 2 nitrogen and oxygen atoms in total. The van der Waals surface area contributed by atoms with Gasteiger partial charge in [-0.1, -0.05) is 24.0 Å². The third-order valence-corrected chi connectivity index (χ3v) is 2.58. The van der Waals surface area contributed by atoms with E-state index in [4.69, 9.17) is 9.84 Å². The molecule has 1 aromatic rings. The summed E-state index contributed by atoms with van der Waals surface area (Å²) in [5.74, 6) is 6.30. The van der Waals surface area contributed by atoms with Crippen molar-refractivity contribution in [2.45, 2.75) is 19.4 Å². The van der Waals surface area contributed by atoms with Crippen molar-refractivity contribution in [3.63, 3.8) is 0 Å². The molecule has 0 spiro atoms. The summed E-state index contributed by atoms with van der Waals surface area (Å²) in [4.78, 5) is 0. The van der Waals surface area contributed by atoms with Gasteiger partial charge in [0.05, 0.1) is 6.61 Å². The van der Waals surface area contributed by atoms with Gasteiger partial charge in [0, 0.05) is 12.2 Å². The predicted octanol–water partition coefficient (Wildman–Crippen LogP) is 1.96. The molecule has 0 saturated heterocycles. The third kappa shape index (κ3) is 3.69. The van der Waals surface area contributed by atoms with Gasteiger partial charge >= 0.3 is 0 Å². The normalized spacial score (nSPS) is 14.3. The van der Waals surface area contributed by atoms with Crippen LogP contribution in [0.1, 0.15) is 24.0 Å². The smallest absolute Gasteiger partial charge is 0.104 e. The first-order valence-corrected chi connectivity index (χ1v) is 5.65. The second-order valence-corrected chi connectivity index (χ2v) is 4.12. The van der Waals surface area contributed by atoms with Crippen LogP contribution in [-0.4, -0.2) is 18.3 Å². The Morgan fingerprint density at radius 3 is 2.62 bits per heavy atom. The minimum absolute atomic E-state index is 0.0910. The van der Waals surface area contributed by atoms with E-state index in [-0.39, 0.29) is 6.61 Å². The highest BCUT2D eigenvalue weighted by molar-refractivity contribution is 5.35. The fourth-order valence-corrected chi connectivity index (χ4v) is 1.45. The van der Waals surface area contributed by atoms with E-state index in [9.17, 15) is 0 Å². The molecule has 0 radical (unpaired) electrons. The van der Waals surface area contributed by atoms with Gasteiger partial charge in [-0.15, -0.1) is 0 Å². The van der Waals surface area contributed by atoms with E-state index in [1.165, 1.54) is 18.4 Å². The quantitative estimate of drug-likeness (QED) is 0.780. The van der Waals surface area contributed by atoms with Crippen molar-refractivity contribution in [3.8, 4) is 11.8 Å². The first kappa shape index (κ1) is 11.2. The van der Waals surface area contributed by atoms with Gasteiger partial charge in [0.25, 0.3) is 0 Å². The molecule has 0 bridgehead atoms. The number of rotatable bonds is 4. The Morgan fingerprint density at radius 1 is 1.25 bits per heavy atom. The molecule has 0 amide bonds. The zero-order chi connectivity index (χ0) is 11.2. The molecule has 0 heterocycles. The first-order valence-electron chi connectivity index (χ1n) is 5.65. The number of benzene rings is 1. The van der Waals surface area contributed by atoms with E-state index in [2.05, 4.69) is 11.8 Å². The highest BCUT2D eigenvalue weighted by Crippen LogP contribution is 2.29. The Balaban J connectivity index is 1.80. The minimum atomic E-state index is -0.0910. The van der Waals surface area contributed by atoms with E-state index in [1.54, 1.807) is 0 Å². The Bertz CT molecular complexity index is 379. The van der Waals surface area contributed by atoms with Crippen molar-refractivity contribution in [2.75, 3.05) is 13.2 Å². The fraction of sp³-hybridized carbons (Fsp3) is 0.429. The Kier molecular flexibility index (Phi) is 3.98. The van der Waals surface area contributed by atoms with Crippen LogP contribution in [0.5, 0.6) is 0 Å². The molecule has 84 valence electrons. The van der Waals surface area contributed by atoms with Gasteiger partial charge in [0.2, 0.25) is 0 Å². The van der Waals surface area contributed by atoms with Crippen LogP contribution < -0.4 is 0 Å². The minimum Gasteiger partial charge on any atom is -0.384 e. The van der Waals surface area contributed by atoms with Gasteiger partial charge in [-0.25, -0.2) is 0 Å². The molecule has 0 unspecified atom stereocenters. The number of hydrogen-bond donors (Lipinski definition) is 1. The SMILES string of the molecule is OCC#Cc1ccc(COCC2CC2)cc1. The average molecular weight is 216 g/mol.